The van der Waals surface area contributed by atoms with Gasteiger partial charge < -0.3 is 14.8 Å². The molecule has 0 saturated carbocycles. The Morgan fingerprint density at radius 3 is 2.75 bits per heavy atom. The van der Waals surface area contributed by atoms with E-state index in [2.05, 4.69) is 4.98 Å². The van der Waals surface area contributed by atoms with E-state index in [4.69, 9.17) is 20.0 Å². The summed E-state index contributed by atoms with van der Waals surface area (Å²) in [5, 5.41) is 26.8. The van der Waals surface area contributed by atoms with E-state index >= 15 is 0 Å². The molecule has 0 aliphatic carbocycles. The lowest BCUT2D eigenvalue weighted by Crippen LogP contribution is -2.30. The maximum absolute atomic E-state index is 13.2. The summed E-state index contributed by atoms with van der Waals surface area (Å²) < 4.78 is 18.6. The van der Waals surface area contributed by atoms with Crippen molar-refractivity contribution >= 4 is 12.6 Å². The summed E-state index contributed by atoms with van der Waals surface area (Å²) in [5.74, 6) is -0.196. The Morgan fingerprint density at radius 1 is 1.25 bits per heavy atom. The Labute approximate surface area is 115 Å². The Kier molecular flexibility index (Phi) is 4.30. The molecule has 0 spiro atoms. The minimum Gasteiger partial charge on any atom is -0.487 e. The van der Waals surface area contributed by atoms with E-state index < -0.39 is 12.9 Å². The SMILES string of the molecule is N#Cc1cc(F)cc(COc2cncc(B(O)O)c2)c1. The standard InChI is InChI=1S/C13H10BFN2O3/c15-12-2-9(5-16)1-10(3-12)8-20-13-4-11(14(18)19)6-17-7-13/h1-4,6-7,18-19H,8H2. The molecule has 0 saturated heterocycles. The molecule has 1 heterocycles. The molecule has 0 amide bonds. The Balaban J connectivity index is 2.11. The van der Waals surface area contributed by atoms with E-state index in [9.17, 15) is 4.39 Å². The van der Waals surface area contributed by atoms with Crippen molar-refractivity contribution in [3.8, 4) is 11.8 Å². The summed E-state index contributed by atoms with van der Waals surface area (Å²) in [6, 6.07) is 7.19. The molecule has 100 valence electrons. The lowest BCUT2D eigenvalue weighted by Gasteiger charge is -2.08. The summed E-state index contributed by atoms with van der Waals surface area (Å²) >= 11 is 0. The molecule has 2 N–H and O–H groups in total. The van der Waals surface area contributed by atoms with Crippen LogP contribution in [0.5, 0.6) is 5.75 Å². The maximum atomic E-state index is 13.2. The highest BCUT2D eigenvalue weighted by Gasteiger charge is 2.12. The van der Waals surface area contributed by atoms with Crippen molar-refractivity contribution < 1.29 is 19.2 Å². The van der Waals surface area contributed by atoms with Crippen molar-refractivity contribution in [3.63, 3.8) is 0 Å². The number of benzene rings is 1. The first-order valence-corrected chi connectivity index (χ1v) is 5.72. The van der Waals surface area contributed by atoms with Gasteiger partial charge in [-0.05, 0) is 29.8 Å². The summed E-state index contributed by atoms with van der Waals surface area (Å²) in [5.41, 5.74) is 0.900. The van der Waals surface area contributed by atoms with Crippen LogP contribution in [0.2, 0.25) is 0 Å². The van der Waals surface area contributed by atoms with E-state index in [1.807, 2.05) is 6.07 Å². The van der Waals surface area contributed by atoms with Crippen LogP contribution in [0, 0.1) is 17.1 Å². The van der Waals surface area contributed by atoms with Gasteiger partial charge in [0, 0.05) is 11.7 Å². The molecule has 2 aromatic rings. The van der Waals surface area contributed by atoms with Crippen molar-refractivity contribution in [1.29, 1.82) is 5.26 Å². The van der Waals surface area contributed by atoms with Crippen molar-refractivity contribution in [1.82, 2.24) is 4.98 Å². The molecular formula is C13H10BFN2O3. The lowest BCUT2D eigenvalue weighted by molar-refractivity contribution is 0.304. The highest BCUT2D eigenvalue weighted by atomic mass is 19.1. The van der Waals surface area contributed by atoms with E-state index in [0.717, 1.165) is 6.07 Å². The van der Waals surface area contributed by atoms with Gasteiger partial charge in [-0.2, -0.15) is 5.26 Å². The van der Waals surface area contributed by atoms with Crippen LogP contribution >= 0.6 is 0 Å². The van der Waals surface area contributed by atoms with E-state index in [-0.39, 0.29) is 17.6 Å². The fourth-order valence-electron chi connectivity index (χ4n) is 1.62. The van der Waals surface area contributed by atoms with Crippen molar-refractivity contribution in [3.05, 3.63) is 53.6 Å². The molecule has 0 aliphatic heterocycles. The minimum atomic E-state index is -1.63. The van der Waals surface area contributed by atoms with E-state index in [0.29, 0.717) is 11.3 Å². The fraction of sp³-hybridized carbons (Fsp3) is 0.0769. The molecule has 0 fully saturated rings. The number of rotatable bonds is 4. The molecule has 2 rings (SSSR count). The van der Waals surface area contributed by atoms with Gasteiger partial charge in [0.25, 0.3) is 0 Å². The monoisotopic (exact) mass is 272 g/mol. The molecule has 1 aromatic carbocycles. The molecule has 20 heavy (non-hydrogen) atoms. The quantitative estimate of drug-likeness (QED) is 0.784. The number of hydrogen-bond donors (Lipinski definition) is 2. The van der Waals surface area contributed by atoms with Gasteiger partial charge in [0.2, 0.25) is 0 Å². The van der Waals surface area contributed by atoms with Crippen LogP contribution in [-0.4, -0.2) is 22.2 Å². The van der Waals surface area contributed by atoms with Crippen LogP contribution in [0.25, 0.3) is 0 Å². The first-order valence-electron chi connectivity index (χ1n) is 5.72. The summed E-state index contributed by atoms with van der Waals surface area (Å²) in [6.07, 6.45) is 2.70. The Morgan fingerprint density at radius 2 is 2.05 bits per heavy atom. The average Bonchev–Trinajstić information content (AvgIpc) is 2.44. The highest BCUT2D eigenvalue weighted by Crippen LogP contribution is 2.13. The zero-order chi connectivity index (χ0) is 14.5. The molecule has 1 aromatic heterocycles. The van der Waals surface area contributed by atoms with Gasteiger partial charge in [0.15, 0.2) is 0 Å². The zero-order valence-electron chi connectivity index (χ0n) is 10.3. The molecule has 5 nitrogen and oxygen atoms in total. The normalized spacial score (nSPS) is 9.90. The summed E-state index contributed by atoms with van der Waals surface area (Å²) in [6.45, 7) is 0.0408. The number of pyridine rings is 1. The van der Waals surface area contributed by atoms with Gasteiger partial charge in [-0.25, -0.2) is 4.39 Å². The smallest absolute Gasteiger partial charge is 0.487 e. The Bertz CT molecular complexity index is 658. The number of nitriles is 1. The maximum Gasteiger partial charge on any atom is 0.490 e. The van der Waals surface area contributed by atoms with Gasteiger partial charge in [-0.15, -0.1) is 0 Å². The van der Waals surface area contributed by atoms with Crippen LogP contribution in [0.4, 0.5) is 4.39 Å². The van der Waals surface area contributed by atoms with Crippen LogP contribution in [0.3, 0.4) is 0 Å². The highest BCUT2D eigenvalue weighted by molar-refractivity contribution is 6.58. The third kappa shape index (κ3) is 3.54. The largest absolute Gasteiger partial charge is 0.490 e. The van der Waals surface area contributed by atoms with Crippen molar-refractivity contribution in [2.45, 2.75) is 6.61 Å². The van der Waals surface area contributed by atoms with Gasteiger partial charge in [-0.3, -0.25) is 4.98 Å². The lowest BCUT2D eigenvalue weighted by atomic mass is 9.82. The second-order valence-corrected chi connectivity index (χ2v) is 4.08. The first kappa shape index (κ1) is 14.0. The van der Waals surface area contributed by atoms with Crippen molar-refractivity contribution in [2.24, 2.45) is 0 Å². The third-order valence-electron chi connectivity index (χ3n) is 2.52. The molecule has 0 unspecified atom stereocenters. The van der Waals surface area contributed by atoms with Crippen LogP contribution in [-0.2, 0) is 6.61 Å². The third-order valence-corrected chi connectivity index (χ3v) is 2.52. The number of halogens is 1. The average molecular weight is 272 g/mol. The van der Waals surface area contributed by atoms with Gasteiger partial charge in [0.1, 0.15) is 18.2 Å². The second-order valence-electron chi connectivity index (χ2n) is 4.08. The van der Waals surface area contributed by atoms with Gasteiger partial charge in [0.05, 0.1) is 17.8 Å². The fourth-order valence-corrected chi connectivity index (χ4v) is 1.62. The molecule has 0 aliphatic rings. The minimum absolute atomic E-state index is 0.0408. The van der Waals surface area contributed by atoms with E-state index in [1.54, 1.807) is 0 Å². The van der Waals surface area contributed by atoms with Crippen molar-refractivity contribution in [2.75, 3.05) is 0 Å². The number of ether oxygens (including phenoxy) is 1. The molecule has 0 bridgehead atoms. The summed E-state index contributed by atoms with van der Waals surface area (Å²) in [7, 11) is -1.63. The predicted octanol–water partition coefficient (Wildman–Crippen LogP) is 0.351. The van der Waals surface area contributed by atoms with Gasteiger partial charge in [-0.1, -0.05) is 0 Å². The molecule has 0 radical (unpaired) electrons. The molecule has 7 heteroatoms. The number of hydrogen-bond acceptors (Lipinski definition) is 5. The second kappa shape index (κ2) is 6.15. The topological polar surface area (TPSA) is 86.4 Å². The van der Waals surface area contributed by atoms with Crippen LogP contribution in [0.1, 0.15) is 11.1 Å². The zero-order valence-corrected chi connectivity index (χ0v) is 10.3. The first-order chi connectivity index (χ1) is 9.58. The van der Waals surface area contributed by atoms with Crippen LogP contribution in [0.15, 0.2) is 36.7 Å². The van der Waals surface area contributed by atoms with Crippen LogP contribution < -0.4 is 10.2 Å². The summed E-state index contributed by atoms with van der Waals surface area (Å²) in [4.78, 5) is 3.80. The molecular weight excluding hydrogens is 262 g/mol. The predicted molar refractivity (Wildman–Crippen MR) is 69.5 cm³/mol. The molecule has 0 atom stereocenters. The number of nitrogens with zero attached hydrogens (tertiary/aromatic N) is 2. The van der Waals surface area contributed by atoms with Gasteiger partial charge >= 0.3 is 7.12 Å². The number of aromatic nitrogens is 1. The van der Waals surface area contributed by atoms with E-state index in [1.165, 1.54) is 30.6 Å². The Hall–Kier alpha value is -2.43.